The Morgan fingerprint density at radius 3 is 2.90 bits per heavy atom. The maximum Gasteiger partial charge on any atom is 0.225 e. The van der Waals surface area contributed by atoms with Crippen LogP contribution in [-0.4, -0.2) is 21.9 Å². The molecule has 2 aromatic heterocycles. The minimum atomic E-state index is -0.509. The Kier molecular flexibility index (Phi) is 3.47. The number of pyridine rings is 1. The first kappa shape index (κ1) is 13.8. The van der Waals surface area contributed by atoms with Crippen molar-refractivity contribution in [2.24, 2.45) is 0 Å². The molecule has 0 saturated heterocycles. The van der Waals surface area contributed by atoms with Gasteiger partial charge in [0.2, 0.25) is 5.88 Å². The molecule has 0 aliphatic carbocycles. The van der Waals surface area contributed by atoms with Gasteiger partial charge >= 0.3 is 0 Å². The van der Waals surface area contributed by atoms with Crippen molar-refractivity contribution in [3.8, 4) is 17.6 Å². The van der Waals surface area contributed by atoms with Crippen LogP contribution in [0.25, 0.3) is 16.6 Å². The highest BCUT2D eigenvalue weighted by atomic mass is 127. The van der Waals surface area contributed by atoms with E-state index in [1.807, 2.05) is 28.7 Å². The van der Waals surface area contributed by atoms with Gasteiger partial charge in [-0.05, 0) is 40.8 Å². The van der Waals surface area contributed by atoms with Crippen LogP contribution >= 0.6 is 22.6 Å². The van der Waals surface area contributed by atoms with Crippen LogP contribution in [0.3, 0.4) is 0 Å². The van der Waals surface area contributed by atoms with Gasteiger partial charge in [0, 0.05) is 6.20 Å². The molecular formula is C14H8FIN4O. The number of aromatic nitrogens is 3. The van der Waals surface area contributed by atoms with Crippen molar-refractivity contribution in [1.82, 2.24) is 14.8 Å². The average molecular weight is 394 g/mol. The van der Waals surface area contributed by atoms with Gasteiger partial charge in [-0.2, -0.15) is 10.4 Å². The van der Waals surface area contributed by atoms with Crippen molar-refractivity contribution >= 4 is 33.5 Å². The number of fused-ring (bicyclic) bond motifs is 1. The van der Waals surface area contributed by atoms with Crippen LogP contribution in [0.4, 0.5) is 4.39 Å². The van der Waals surface area contributed by atoms with Gasteiger partial charge < -0.3 is 4.74 Å². The molecule has 5 nitrogen and oxygen atoms in total. The normalized spacial score (nSPS) is 10.6. The number of methoxy groups -OCH3 is 1. The van der Waals surface area contributed by atoms with Crippen molar-refractivity contribution in [1.29, 1.82) is 5.26 Å². The van der Waals surface area contributed by atoms with Gasteiger partial charge in [-0.3, -0.25) is 0 Å². The highest BCUT2D eigenvalue weighted by molar-refractivity contribution is 14.1. The van der Waals surface area contributed by atoms with Crippen molar-refractivity contribution in [2.75, 3.05) is 7.11 Å². The van der Waals surface area contributed by atoms with E-state index in [1.165, 1.54) is 23.9 Å². The van der Waals surface area contributed by atoms with E-state index in [2.05, 4.69) is 10.1 Å². The zero-order valence-corrected chi connectivity index (χ0v) is 13.0. The molecule has 0 atom stereocenters. The molecule has 0 bridgehead atoms. The summed E-state index contributed by atoms with van der Waals surface area (Å²) in [5.41, 5.74) is 0.973. The molecule has 1 aromatic carbocycles. The minimum Gasteiger partial charge on any atom is -0.480 e. The lowest BCUT2D eigenvalue weighted by Gasteiger charge is -2.07. The van der Waals surface area contributed by atoms with Crippen molar-refractivity contribution < 1.29 is 9.13 Å². The number of halogens is 2. The predicted molar refractivity (Wildman–Crippen MR) is 82.8 cm³/mol. The molecule has 104 valence electrons. The van der Waals surface area contributed by atoms with Crippen molar-refractivity contribution in [2.45, 2.75) is 0 Å². The Morgan fingerprint density at radius 2 is 2.19 bits per heavy atom. The average Bonchev–Trinajstić information content (AvgIpc) is 2.84. The molecule has 0 fully saturated rings. The zero-order chi connectivity index (χ0) is 15.0. The number of benzene rings is 1. The van der Waals surface area contributed by atoms with Crippen LogP contribution in [0, 0.1) is 20.8 Å². The van der Waals surface area contributed by atoms with Gasteiger partial charge in [-0.15, -0.1) is 0 Å². The fraction of sp³-hybridized carbons (Fsp3) is 0.0714. The van der Waals surface area contributed by atoms with E-state index in [-0.39, 0.29) is 11.3 Å². The van der Waals surface area contributed by atoms with Crippen LogP contribution in [0.15, 0.2) is 30.5 Å². The summed E-state index contributed by atoms with van der Waals surface area (Å²) >= 11 is 2.03. The Balaban J connectivity index is 2.41. The molecule has 0 amide bonds. The molecule has 3 aromatic rings. The van der Waals surface area contributed by atoms with E-state index < -0.39 is 5.82 Å². The first-order valence-corrected chi connectivity index (χ1v) is 7.01. The highest BCUT2D eigenvalue weighted by Crippen LogP contribution is 2.31. The second-order valence-corrected chi connectivity index (χ2v) is 5.19. The molecule has 0 aliphatic heterocycles. The second-order valence-electron chi connectivity index (χ2n) is 4.16. The topological polar surface area (TPSA) is 63.7 Å². The fourth-order valence-corrected chi connectivity index (χ4v) is 2.86. The van der Waals surface area contributed by atoms with Crippen LogP contribution in [0.5, 0.6) is 5.88 Å². The van der Waals surface area contributed by atoms with Gasteiger partial charge in [0.05, 0.1) is 23.6 Å². The maximum absolute atomic E-state index is 14.2. The highest BCUT2D eigenvalue weighted by Gasteiger charge is 2.19. The molecule has 3 rings (SSSR count). The number of para-hydroxylation sites is 1. The number of ether oxygens (including phenoxy) is 1. The molecule has 0 spiro atoms. The van der Waals surface area contributed by atoms with Crippen molar-refractivity contribution in [3.05, 3.63) is 45.5 Å². The molecule has 0 aliphatic rings. The third kappa shape index (κ3) is 2.12. The largest absolute Gasteiger partial charge is 0.480 e. The first-order chi connectivity index (χ1) is 10.2. The summed E-state index contributed by atoms with van der Waals surface area (Å²) in [5.74, 6) is -0.0939. The molecule has 0 N–H and O–H groups in total. The summed E-state index contributed by atoms with van der Waals surface area (Å²) in [5, 5.41) is 14.2. The monoisotopic (exact) mass is 394 g/mol. The molecular weight excluding hydrogens is 386 g/mol. The molecule has 21 heavy (non-hydrogen) atoms. The first-order valence-electron chi connectivity index (χ1n) is 5.93. The van der Waals surface area contributed by atoms with E-state index in [0.717, 1.165) is 0 Å². The Bertz CT molecular complexity index is 885. The SMILES string of the molecule is COc1nccc2c1c(I)nn2-c1c(F)cccc1C#N. The predicted octanol–water partition coefficient (Wildman–Crippen LogP) is 3.04. The molecule has 0 radical (unpaired) electrons. The van der Waals surface area contributed by atoms with E-state index in [0.29, 0.717) is 20.5 Å². The number of rotatable bonds is 2. The van der Waals surface area contributed by atoms with Gasteiger partial charge in [-0.1, -0.05) is 6.07 Å². The van der Waals surface area contributed by atoms with Crippen molar-refractivity contribution in [3.63, 3.8) is 0 Å². The number of hydrogen-bond donors (Lipinski definition) is 0. The van der Waals surface area contributed by atoms with Crippen LogP contribution in [0.1, 0.15) is 5.56 Å². The maximum atomic E-state index is 14.2. The number of nitriles is 1. The Morgan fingerprint density at radius 1 is 1.38 bits per heavy atom. The fourth-order valence-electron chi connectivity index (χ4n) is 2.14. The molecule has 2 heterocycles. The Hall–Kier alpha value is -2.21. The smallest absolute Gasteiger partial charge is 0.225 e. The summed E-state index contributed by atoms with van der Waals surface area (Å²) in [6.45, 7) is 0. The van der Waals surface area contributed by atoms with Gasteiger partial charge in [-0.25, -0.2) is 14.1 Å². The lowest BCUT2D eigenvalue weighted by atomic mass is 10.2. The lowest BCUT2D eigenvalue weighted by Crippen LogP contribution is -2.03. The van der Waals surface area contributed by atoms with E-state index in [1.54, 1.807) is 18.3 Å². The summed E-state index contributed by atoms with van der Waals surface area (Å²) in [4.78, 5) is 4.12. The second kappa shape index (κ2) is 5.29. The molecule has 7 heteroatoms. The van der Waals surface area contributed by atoms with Gasteiger partial charge in [0.15, 0.2) is 0 Å². The summed E-state index contributed by atoms with van der Waals surface area (Å²) in [6, 6.07) is 8.05. The third-order valence-electron chi connectivity index (χ3n) is 3.03. The quantitative estimate of drug-likeness (QED) is 0.627. The molecule has 0 saturated carbocycles. The van der Waals surface area contributed by atoms with Crippen LogP contribution in [-0.2, 0) is 0 Å². The number of nitrogens with zero attached hydrogens (tertiary/aromatic N) is 4. The van der Waals surface area contributed by atoms with E-state index >= 15 is 0 Å². The Labute approximate surface area is 133 Å². The third-order valence-corrected chi connectivity index (χ3v) is 3.78. The summed E-state index contributed by atoms with van der Waals surface area (Å²) < 4.78 is 21.4. The van der Waals surface area contributed by atoms with E-state index in [4.69, 9.17) is 4.74 Å². The summed E-state index contributed by atoms with van der Waals surface area (Å²) in [6.07, 6.45) is 1.56. The van der Waals surface area contributed by atoms with Crippen LogP contribution in [0.2, 0.25) is 0 Å². The molecule has 0 unspecified atom stereocenters. The van der Waals surface area contributed by atoms with Gasteiger partial charge in [0.1, 0.15) is 21.3 Å². The zero-order valence-electron chi connectivity index (χ0n) is 10.8. The summed E-state index contributed by atoms with van der Waals surface area (Å²) in [7, 11) is 1.51. The standard InChI is InChI=1S/C14H8FIN4O/c1-21-14-11-10(5-6-18-14)20(19-13(11)16)12-8(7-17)3-2-4-9(12)15/h2-6H,1H3. The lowest BCUT2D eigenvalue weighted by molar-refractivity contribution is 0.403. The van der Waals surface area contributed by atoms with E-state index in [9.17, 15) is 9.65 Å². The van der Waals surface area contributed by atoms with Crippen LogP contribution < -0.4 is 4.74 Å². The van der Waals surface area contributed by atoms with Gasteiger partial charge in [0.25, 0.3) is 0 Å². The number of hydrogen-bond acceptors (Lipinski definition) is 4. The minimum absolute atomic E-state index is 0.126.